The molecule has 0 amide bonds. The van der Waals surface area contributed by atoms with Crippen LogP contribution in [0.15, 0.2) is 24.3 Å². The molecular weight excluding hydrogens is 262 g/mol. The molecule has 0 aromatic heterocycles. The second-order valence-electron chi connectivity index (χ2n) is 5.24. The molecule has 0 aliphatic carbocycles. The van der Waals surface area contributed by atoms with Crippen LogP contribution in [0.3, 0.4) is 0 Å². The normalized spacial score (nSPS) is 18.0. The van der Waals surface area contributed by atoms with E-state index in [2.05, 4.69) is 0 Å². The molecule has 1 fully saturated rings. The highest BCUT2D eigenvalue weighted by molar-refractivity contribution is 6.30. The van der Waals surface area contributed by atoms with Gasteiger partial charge in [0.15, 0.2) is 0 Å². The van der Waals surface area contributed by atoms with E-state index in [0.717, 1.165) is 6.54 Å². The van der Waals surface area contributed by atoms with E-state index in [-0.39, 0.29) is 12.1 Å². The average molecular weight is 283 g/mol. The van der Waals surface area contributed by atoms with Gasteiger partial charge in [-0.3, -0.25) is 0 Å². The van der Waals surface area contributed by atoms with Crippen molar-refractivity contribution in [1.82, 2.24) is 0 Å². The number of likely N-dealkylation sites (tertiary alicyclic amines) is 1. The predicted molar refractivity (Wildman–Crippen MR) is 75.7 cm³/mol. The van der Waals surface area contributed by atoms with Gasteiger partial charge in [0.2, 0.25) is 0 Å². The van der Waals surface area contributed by atoms with Crippen molar-refractivity contribution in [1.29, 1.82) is 0 Å². The van der Waals surface area contributed by atoms with E-state index in [1.807, 2.05) is 6.92 Å². The van der Waals surface area contributed by atoms with E-state index in [9.17, 15) is 4.79 Å². The molecule has 1 saturated heterocycles. The van der Waals surface area contributed by atoms with Crippen LogP contribution >= 0.6 is 11.6 Å². The summed E-state index contributed by atoms with van der Waals surface area (Å²) in [5, 5.41) is 0.627. The summed E-state index contributed by atoms with van der Waals surface area (Å²) in [4.78, 5) is 13.5. The molecular formula is C15H21ClNO2+. The molecule has 104 valence electrons. The highest BCUT2D eigenvalue weighted by Crippen LogP contribution is 2.11. The summed E-state index contributed by atoms with van der Waals surface area (Å²) in [6, 6.07) is 6.81. The zero-order valence-corrected chi connectivity index (χ0v) is 12.1. The summed E-state index contributed by atoms with van der Waals surface area (Å²) in [5.41, 5.74) is 0.560. The van der Waals surface area contributed by atoms with E-state index in [1.165, 1.54) is 32.4 Å². The molecule has 0 unspecified atom stereocenters. The monoisotopic (exact) mass is 282 g/mol. The van der Waals surface area contributed by atoms with E-state index in [0.29, 0.717) is 10.6 Å². The van der Waals surface area contributed by atoms with Crippen LogP contribution in [-0.4, -0.2) is 31.7 Å². The number of nitrogens with one attached hydrogen (secondary N) is 1. The number of piperidine rings is 1. The Balaban J connectivity index is 1.82. The second-order valence-corrected chi connectivity index (χ2v) is 5.67. The number of benzene rings is 1. The van der Waals surface area contributed by atoms with Crippen molar-refractivity contribution in [2.75, 3.05) is 19.6 Å². The first kappa shape index (κ1) is 14.4. The Bertz CT molecular complexity index is 413. The zero-order valence-electron chi connectivity index (χ0n) is 11.3. The van der Waals surface area contributed by atoms with Gasteiger partial charge in [0, 0.05) is 5.02 Å². The van der Waals surface area contributed by atoms with Crippen LogP contribution in [0.25, 0.3) is 0 Å². The number of esters is 1. The molecule has 1 aliphatic heterocycles. The Morgan fingerprint density at radius 3 is 2.53 bits per heavy atom. The summed E-state index contributed by atoms with van der Waals surface area (Å²) in [6.07, 6.45) is 3.86. The van der Waals surface area contributed by atoms with Gasteiger partial charge in [0.25, 0.3) is 0 Å². The van der Waals surface area contributed by atoms with Crippen LogP contribution in [0.2, 0.25) is 5.02 Å². The molecule has 1 N–H and O–H groups in total. The molecule has 1 aromatic rings. The van der Waals surface area contributed by atoms with Crippen LogP contribution in [0.1, 0.15) is 36.5 Å². The molecule has 2 rings (SSSR count). The quantitative estimate of drug-likeness (QED) is 0.856. The lowest BCUT2D eigenvalue weighted by molar-refractivity contribution is -0.907. The van der Waals surface area contributed by atoms with Crippen molar-refractivity contribution < 1.29 is 14.4 Å². The minimum absolute atomic E-state index is 0.0451. The fourth-order valence-electron chi connectivity index (χ4n) is 2.54. The number of carbonyl (C=O) groups excluding carboxylic acids is 1. The molecule has 1 aromatic carbocycles. The first-order chi connectivity index (χ1) is 9.15. The van der Waals surface area contributed by atoms with E-state index < -0.39 is 0 Å². The lowest BCUT2D eigenvalue weighted by Crippen LogP contribution is -3.13. The Kier molecular flexibility index (Phi) is 5.23. The maximum atomic E-state index is 11.9. The Hall–Kier alpha value is -1.06. The van der Waals surface area contributed by atoms with Gasteiger partial charge in [-0.15, -0.1) is 0 Å². The van der Waals surface area contributed by atoms with Gasteiger partial charge in [0.05, 0.1) is 18.7 Å². The molecule has 19 heavy (non-hydrogen) atoms. The van der Waals surface area contributed by atoms with Crippen LogP contribution in [0, 0.1) is 0 Å². The van der Waals surface area contributed by atoms with E-state index >= 15 is 0 Å². The third kappa shape index (κ3) is 4.51. The number of ether oxygens (including phenoxy) is 1. The highest BCUT2D eigenvalue weighted by atomic mass is 35.5. The first-order valence-corrected chi connectivity index (χ1v) is 7.33. The van der Waals surface area contributed by atoms with Crippen molar-refractivity contribution in [2.45, 2.75) is 32.3 Å². The molecule has 0 bridgehead atoms. The summed E-state index contributed by atoms with van der Waals surface area (Å²) in [6.45, 7) is 5.26. The fourth-order valence-corrected chi connectivity index (χ4v) is 2.67. The van der Waals surface area contributed by atoms with Crippen LogP contribution in [0.5, 0.6) is 0 Å². The lowest BCUT2D eigenvalue weighted by atomic mass is 10.1. The lowest BCUT2D eigenvalue weighted by Gasteiger charge is -2.26. The SMILES string of the molecule is C[C@@H](C[NH+]1CCCCC1)OC(=O)c1ccc(Cl)cc1. The van der Waals surface area contributed by atoms with Crippen LogP contribution < -0.4 is 4.90 Å². The van der Waals surface area contributed by atoms with Crippen molar-refractivity contribution >= 4 is 17.6 Å². The molecule has 1 aliphatic rings. The van der Waals surface area contributed by atoms with Gasteiger partial charge < -0.3 is 9.64 Å². The van der Waals surface area contributed by atoms with Crippen molar-refractivity contribution in [3.05, 3.63) is 34.9 Å². The largest absolute Gasteiger partial charge is 0.453 e. The Morgan fingerprint density at radius 2 is 1.89 bits per heavy atom. The fraction of sp³-hybridized carbons (Fsp3) is 0.533. The van der Waals surface area contributed by atoms with Crippen molar-refractivity contribution in [3.63, 3.8) is 0 Å². The maximum absolute atomic E-state index is 11.9. The highest BCUT2D eigenvalue weighted by Gasteiger charge is 2.19. The number of hydrogen-bond donors (Lipinski definition) is 1. The minimum atomic E-state index is -0.263. The van der Waals surface area contributed by atoms with Gasteiger partial charge in [-0.25, -0.2) is 4.79 Å². The zero-order chi connectivity index (χ0) is 13.7. The third-order valence-corrected chi connectivity index (χ3v) is 3.78. The maximum Gasteiger partial charge on any atom is 0.338 e. The second kappa shape index (κ2) is 6.92. The number of carbonyl (C=O) groups is 1. The summed E-state index contributed by atoms with van der Waals surface area (Å²) in [7, 11) is 0. The van der Waals surface area contributed by atoms with Crippen molar-refractivity contribution in [3.8, 4) is 0 Å². The number of halogens is 1. The van der Waals surface area contributed by atoms with Gasteiger partial charge in [-0.2, -0.15) is 0 Å². The minimum Gasteiger partial charge on any atom is -0.453 e. The molecule has 3 nitrogen and oxygen atoms in total. The van der Waals surface area contributed by atoms with Gasteiger partial charge in [-0.05, 0) is 50.5 Å². The molecule has 0 radical (unpaired) electrons. The Morgan fingerprint density at radius 1 is 1.26 bits per heavy atom. The van der Waals surface area contributed by atoms with Gasteiger partial charge in [-0.1, -0.05) is 11.6 Å². The van der Waals surface area contributed by atoms with Crippen LogP contribution in [-0.2, 0) is 4.74 Å². The number of rotatable bonds is 4. The molecule has 1 atom stereocenters. The average Bonchev–Trinajstić information content (AvgIpc) is 2.40. The number of quaternary nitrogens is 1. The molecule has 0 saturated carbocycles. The Labute approximate surface area is 119 Å². The first-order valence-electron chi connectivity index (χ1n) is 6.95. The smallest absolute Gasteiger partial charge is 0.338 e. The predicted octanol–water partition coefficient (Wildman–Crippen LogP) is 1.95. The molecule has 4 heteroatoms. The topological polar surface area (TPSA) is 30.7 Å². The van der Waals surface area contributed by atoms with Gasteiger partial charge in [0.1, 0.15) is 12.6 Å². The number of hydrogen-bond acceptors (Lipinski definition) is 2. The standard InChI is InChI=1S/C15H20ClNO2/c1-12(11-17-9-3-2-4-10-17)19-15(18)13-5-7-14(16)8-6-13/h5-8,12H,2-4,9-11H2,1H3/p+1/t12-/m0/s1. The van der Waals surface area contributed by atoms with Gasteiger partial charge >= 0.3 is 5.97 Å². The summed E-state index contributed by atoms with van der Waals surface area (Å²) >= 11 is 5.80. The van der Waals surface area contributed by atoms with Crippen LogP contribution in [0.4, 0.5) is 0 Å². The van der Waals surface area contributed by atoms with E-state index in [1.54, 1.807) is 29.2 Å². The summed E-state index contributed by atoms with van der Waals surface area (Å²) < 4.78 is 5.48. The molecule has 0 spiro atoms. The third-order valence-electron chi connectivity index (χ3n) is 3.52. The van der Waals surface area contributed by atoms with E-state index in [4.69, 9.17) is 16.3 Å². The molecule has 1 heterocycles. The van der Waals surface area contributed by atoms with Crippen molar-refractivity contribution in [2.24, 2.45) is 0 Å². The summed E-state index contributed by atoms with van der Waals surface area (Å²) in [5.74, 6) is -0.263.